The molecule has 1 aliphatic carbocycles. The van der Waals surface area contributed by atoms with Crippen LogP contribution < -0.4 is 0 Å². The van der Waals surface area contributed by atoms with Gasteiger partial charge >= 0.3 is 0 Å². The van der Waals surface area contributed by atoms with Gasteiger partial charge in [0, 0.05) is 9.86 Å². The van der Waals surface area contributed by atoms with Gasteiger partial charge in [0.05, 0.1) is 10.9 Å². The average molecular weight is 391 g/mol. The first kappa shape index (κ1) is 14.8. The summed E-state index contributed by atoms with van der Waals surface area (Å²) in [5, 5.41) is 18.1. The summed E-state index contributed by atoms with van der Waals surface area (Å²) in [6, 6.07) is 5.40. The number of halogens is 3. The first-order valence-electron chi connectivity index (χ1n) is 6.09. The Hall–Kier alpha value is -1.11. The van der Waals surface area contributed by atoms with Gasteiger partial charge in [-0.2, -0.15) is 0 Å². The number of aromatic hydroxyl groups is 1. The van der Waals surface area contributed by atoms with Crippen molar-refractivity contribution in [3.63, 3.8) is 0 Å². The van der Waals surface area contributed by atoms with E-state index in [1.54, 1.807) is 19.1 Å². The normalized spacial score (nSPS) is 23.8. The molecule has 8 heteroatoms. The summed E-state index contributed by atoms with van der Waals surface area (Å²) in [5.74, 6) is -0.661. The lowest BCUT2D eigenvalue weighted by atomic mass is 10.1. The molecule has 110 valence electrons. The lowest BCUT2D eigenvalue weighted by molar-refractivity contribution is -0.122. The molecule has 0 unspecified atom stereocenters. The minimum atomic E-state index is -1.09. The summed E-state index contributed by atoms with van der Waals surface area (Å²) in [5.41, 5.74) is -0.0340. The molecule has 3 rings (SSSR count). The van der Waals surface area contributed by atoms with Crippen LogP contribution >= 0.6 is 39.1 Å². The van der Waals surface area contributed by atoms with Crippen LogP contribution in [0.15, 0.2) is 32.9 Å². The predicted molar refractivity (Wildman–Crippen MR) is 84.3 cm³/mol. The molecule has 1 aliphatic rings. The summed E-state index contributed by atoms with van der Waals surface area (Å²) >= 11 is 15.2. The van der Waals surface area contributed by atoms with E-state index in [1.165, 1.54) is 0 Å². The van der Waals surface area contributed by atoms with Gasteiger partial charge < -0.3 is 10.1 Å². The van der Waals surface area contributed by atoms with E-state index in [-0.39, 0.29) is 11.6 Å². The van der Waals surface area contributed by atoms with E-state index in [0.717, 1.165) is 4.47 Å². The number of hydrogen-bond donors (Lipinski definition) is 2. The van der Waals surface area contributed by atoms with E-state index >= 15 is 0 Å². The number of fused-ring (bicyclic) bond motifs is 1. The highest BCUT2D eigenvalue weighted by molar-refractivity contribution is 9.10. The lowest BCUT2D eigenvalue weighted by Crippen LogP contribution is -2.15. The number of carbonyl (C=O) groups is 1. The van der Waals surface area contributed by atoms with E-state index in [4.69, 9.17) is 23.2 Å². The molecule has 2 aromatic rings. The Kier molecular flexibility index (Phi) is 3.31. The van der Waals surface area contributed by atoms with Crippen molar-refractivity contribution in [2.75, 3.05) is 0 Å². The predicted octanol–water partition coefficient (Wildman–Crippen LogP) is 4.83. The monoisotopic (exact) mass is 389 g/mol. The molecular weight excluding hydrogens is 381 g/mol. The molecule has 0 spiro atoms. The number of benzene rings is 1. The molecule has 5 nitrogen and oxygen atoms in total. The zero-order valence-electron chi connectivity index (χ0n) is 10.8. The minimum Gasteiger partial charge on any atom is -0.493 e. The molecule has 1 fully saturated rings. The number of nitrogens with zero attached hydrogens (tertiary/aromatic N) is 2. The molecule has 1 amide bonds. The van der Waals surface area contributed by atoms with Crippen LogP contribution in [0.5, 0.6) is 5.88 Å². The highest BCUT2D eigenvalue weighted by Crippen LogP contribution is 2.64. The van der Waals surface area contributed by atoms with E-state index in [9.17, 15) is 9.90 Å². The standard InChI is InChI=1S/C13H10BrCl2N3O2/c1-12(5-13(12,15)16)11(21)19-18-9-8-6(14)3-2-4-7(8)17-10(9)20/h2-4,17,20H,5H2,1H3/t12-/m1/s1. The van der Waals surface area contributed by atoms with Crippen LogP contribution in [0.3, 0.4) is 0 Å². The van der Waals surface area contributed by atoms with Crippen LogP contribution in [0.25, 0.3) is 10.9 Å². The van der Waals surface area contributed by atoms with Crippen LogP contribution in [-0.2, 0) is 4.79 Å². The molecule has 2 N–H and O–H groups in total. The average Bonchev–Trinajstić information content (AvgIpc) is 2.76. The number of carbonyl (C=O) groups excluding carboxylic acids is 1. The van der Waals surface area contributed by atoms with Crippen molar-refractivity contribution >= 4 is 61.6 Å². The number of amides is 1. The van der Waals surface area contributed by atoms with Crippen molar-refractivity contribution in [1.82, 2.24) is 4.98 Å². The molecule has 0 saturated heterocycles. The maximum absolute atomic E-state index is 12.0. The largest absolute Gasteiger partial charge is 0.493 e. The highest BCUT2D eigenvalue weighted by atomic mass is 79.9. The number of hydrogen-bond acceptors (Lipinski definition) is 3. The second-order valence-corrected chi connectivity index (χ2v) is 7.54. The number of aromatic amines is 1. The Labute approximate surface area is 138 Å². The van der Waals surface area contributed by atoms with Crippen molar-refractivity contribution in [2.24, 2.45) is 15.6 Å². The molecule has 21 heavy (non-hydrogen) atoms. The molecule has 1 heterocycles. The molecule has 1 saturated carbocycles. The van der Waals surface area contributed by atoms with Gasteiger partial charge in [0.1, 0.15) is 4.33 Å². The van der Waals surface area contributed by atoms with Crippen LogP contribution in [0, 0.1) is 5.41 Å². The van der Waals surface area contributed by atoms with Gasteiger partial charge in [-0.25, -0.2) is 0 Å². The number of rotatable bonds is 2. The molecule has 0 bridgehead atoms. The van der Waals surface area contributed by atoms with Gasteiger partial charge in [0.15, 0.2) is 5.69 Å². The summed E-state index contributed by atoms with van der Waals surface area (Å²) in [7, 11) is 0. The molecular formula is C13H10BrCl2N3O2. The Morgan fingerprint density at radius 1 is 1.48 bits per heavy atom. The van der Waals surface area contributed by atoms with Gasteiger partial charge in [0.2, 0.25) is 5.88 Å². The lowest BCUT2D eigenvalue weighted by Gasteiger charge is -2.04. The smallest absolute Gasteiger partial charge is 0.273 e. The second kappa shape index (κ2) is 4.69. The third-order valence-electron chi connectivity index (χ3n) is 3.70. The molecule has 1 aromatic carbocycles. The van der Waals surface area contributed by atoms with Crippen molar-refractivity contribution in [2.45, 2.75) is 17.7 Å². The zero-order valence-corrected chi connectivity index (χ0v) is 13.9. The van der Waals surface area contributed by atoms with E-state index in [0.29, 0.717) is 17.3 Å². The fraction of sp³-hybridized carbons (Fsp3) is 0.308. The van der Waals surface area contributed by atoms with Crippen molar-refractivity contribution in [3.05, 3.63) is 22.7 Å². The Bertz CT molecular complexity index is 787. The van der Waals surface area contributed by atoms with Gasteiger partial charge in [-0.3, -0.25) is 4.79 Å². The molecule has 1 atom stereocenters. The number of azo groups is 1. The van der Waals surface area contributed by atoms with Crippen molar-refractivity contribution in [1.29, 1.82) is 0 Å². The quantitative estimate of drug-likeness (QED) is 0.568. The summed E-state index contributed by atoms with van der Waals surface area (Å²) in [6.45, 7) is 1.64. The minimum absolute atomic E-state index is 0.155. The fourth-order valence-electron chi connectivity index (χ4n) is 2.11. The number of alkyl halides is 2. The Balaban J connectivity index is 1.98. The third-order valence-corrected chi connectivity index (χ3v) is 5.46. The maximum atomic E-state index is 12.0. The Morgan fingerprint density at radius 2 is 2.14 bits per heavy atom. The maximum Gasteiger partial charge on any atom is 0.273 e. The van der Waals surface area contributed by atoms with Gasteiger partial charge in [-0.1, -0.05) is 22.0 Å². The molecule has 0 aliphatic heterocycles. The third kappa shape index (κ3) is 2.25. The van der Waals surface area contributed by atoms with E-state index in [1.807, 2.05) is 6.07 Å². The van der Waals surface area contributed by atoms with Crippen LogP contribution in [0.1, 0.15) is 13.3 Å². The van der Waals surface area contributed by atoms with Crippen molar-refractivity contribution in [3.8, 4) is 5.88 Å². The van der Waals surface area contributed by atoms with E-state index in [2.05, 4.69) is 31.1 Å². The number of H-pyrrole nitrogens is 1. The molecule has 1 aromatic heterocycles. The van der Waals surface area contributed by atoms with Crippen LogP contribution in [0.2, 0.25) is 0 Å². The van der Waals surface area contributed by atoms with Gasteiger partial charge in [-0.05, 0) is 25.5 Å². The fourth-order valence-corrected chi connectivity index (χ4v) is 3.36. The van der Waals surface area contributed by atoms with Crippen LogP contribution in [0.4, 0.5) is 5.69 Å². The zero-order chi connectivity index (χ0) is 15.4. The van der Waals surface area contributed by atoms with Gasteiger partial charge in [0.25, 0.3) is 5.91 Å². The number of nitrogens with one attached hydrogen (secondary N) is 1. The highest BCUT2D eigenvalue weighted by Gasteiger charge is 2.68. The van der Waals surface area contributed by atoms with Crippen LogP contribution in [-0.4, -0.2) is 20.3 Å². The Morgan fingerprint density at radius 3 is 2.76 bits per heavy atom. The summed E-state index contributed by atoms with van der Waals surface area (Å²) in [6.07, 6.45) is 0.338. The van der Waals surface area contributed by atoms with Crippen molar-refractivity contribution < 1.29 is 9.90 Å². The first-order valence-corrected chi connectivity index (χ1v) is 7.64. The second-order valence-electron chi connectivity index (χ2n) is 5.20. The summed E-state index contributed by atoms with van der Waals surface area (Å²) < 4.78 is -0.356. The first-order chi connectivity index (χ1) is 9.76. The summed E-state index contributed by atoms with van der Waals surface area (Å²) in [4.78, 5) is 14.8. The topological polar surface area (TPSA) is 77.8 Å². The van der Waals surface area contributed by atoms with Gasteiger partial charge in [-0.15, -0.1) is 33.4 Å². The molecule has 0 radical (unpaired) electrons. The SMILES string of the molecule is C[C@]1(C(=O)N=Nc2c(O)[nH]c3cccc(Br)c23)CC1(Cl)Cl. The van der Waals surface area contributed by atoms with E-state index < -0.39 is 15.7 Å². The number of aromatic nitrogens is 1.